The Hall–Kier alpha value is -2.18. The minimum Gasteiger partial charge on any atom is -0.481 e. The number of carboxylic acids is 1. The molecule has 2 rings (SSSR count). The lowest BCUT2D eigenvalue weighted by Gasteiger charge is -2.24. The zero-order chi connectivity index (χ0) is 14.8. The van der Waals surface area contributed by atoms with Gasteiger partial charge in [-0.05, 0) is 12.8 Å². The summed E-state index contributed by atoms with van der Waals surface area (Å²) in [6.45, 7) is 2.51. The highest BCUT2D eigenvalue weighted by Crippen LogP contribution is 2.35. The molecule has 1 aromatic rings. The van der Waals surface area contributed by atoms with Gasteiger partial charge in [-0.2, -0.15) is 0 Å². The van der Waals surface area contributed by atoms with Crippen LogP contribution in [0.25, 0.3) is 0 Å². The number of carboxylic acid groups (broad SMARTS) is 1. The Morgan fingerprint density at radius 3 is 2.85 bits per heavy atom. The van der Waals surface area contributed by atoms with Crippen LogP contribution in [0.1, 0.15) is 36.7 Å². The first-order valence-corrected chi connectivity index (χ1v) is 6.56. The molecule has 1 unspecified atom stereocenters. The van der Waals surface area contributed by atoms with E-state index < -0.39 is 11.4 Å². The standard InChI is InChI=1S/C13H17N3O4/c1-2-3-13(12(19)20)4-5-16(8-13)11(18)9-6-15-10(17)7-14-9/h6-7H,2-5,8H2,1H3,(H,15,17)(H,19,20). The van der Waals surface area contributed by atoms with Crippen molar-refractivity contribution in [2.75, 3.05) is 13.1 Å². The Bertz CT molecular complexity index is 563. The maximum absolute atomic E-state index is 12.2. The summed E-state index contributed by atoms with van der Waals surface area (Å²) in [5.74, 6) is -1.20. The predicted molar refractivity (Wildman–Crippen MR) is 70.4 cm³/mol. The Morgan fingerprint density at radius 1 is 1.55 bits per heavy atom. The van der Waals surface area contributed by atoms with Gasteiger partial charge in [0.25, 0.3) is 11.5 Å². The Kier molecular flexibility index (Phi) is 3.87. The maximum Gasteiger partial charge on any atom is 0.311 e. The van der Waals surface area contributed by atoms with Gasteiger partial charge in [-0.3, -0.25) is 14.4 Å². The lowest BCUT2D eigenvalue weighted by Crippen LogP contribution is -2.37. The van der Waals surface area contributed by atoms with Gasteiger partial charge in [0.2, 0.25) is 0 Å². The second-order valence-electron chi connectivity index (χ2n) is 5.11. The fourth-order valence-corrected chi connectivity index (χ4v) is 2.63. The minimum atomic E-state index is -0.857. The van der Waals surface area contributed by atoms with Gasteiger partial charge in [-0.25, -0.2) is 4.98 Å². The molecule has 0 saturated carbocycles. The Morgan fingerprint density at radius 2 is 2.30 bits per heavy atom. The quantitative estimate of drug-likeness (QED) is 0.834. The van der Waals surface area contributed by atoms with Crippen LogP contribution in [0.3, 0.4) is 0 Å². The molecule has 0 spiro atoms. The number of aliphatic carboxylic acids is 1. The van der Waals surface area contributed by atoms with Gasteiger partial charge in [-0.15, -0.1) is 0 Å². The van der Waals surface area contributed by atoms with Crippen molar-refractivity contribution < 1.29 is 14.7 Å². The SMILES string of the molecule is CCCC1(C(=O)O)CCN(C(=O)c2c[nH]c(=O)cn2)C1. The van der Waals surface area contributed by atoms with E-state index in [0.29, 0.717) is 19.4 Å². The third-order valence-corrected chi connectivity index (χ3v) is 3.71. The van der Waals surface area contributed by atoms with Gasteiger partial charge in [-0.1, -0.05) is 13.3 Å². The van der Waals surface area contributed by atoms with Crippen molar-refractivity contribution in [3.63, 3.8) is 0 Å². The molecule has 2 heterocycles. The van der Waals surface area contributed by atoms with Crippen molar-refractivity contribution >= 4 is 11.9 Å². The van der Waals surface area contributed by atoms with Crippen LogP contribution in [0.15, 0.2) is 17.2 Å². The summed E-state index contributed by atoms with van der Waals surface area (Å²) in [4.78, 5) is 42.3. The number of aromatic nitrogens is 2. The molecule has 0 aliphatic carbocycles. The number of hydrogen-bond acceptors (Lipinski definition) is 4. The van der Waals surface area contributed by atoms with Gasteiger partial charge in [0.05, 0.1) is 11.6 Å². The van der Waals surface area contributed by atoms with Crippen LogP contribution in [-0.4, -0.2) is 44.9 Å². The van der Waals surface area contributed by atoms with Crippen LogP contribution >= 0.6 is 0 Å². The number of hydrogen-bond donors (Lipinski definition) is 2. The molecule has 7 heteroatoms. The summed E-state index contributed by atoms with van der Waals surface area (Å²) in [7, 11) is 0. The largest absolute Gasteiger partial charge is 0.481 e. The lowest BCUT2D eigenvalue weighted by molar-refractivity contribution is -0.148. The molecule has 2 N–H and O–H groups in total. The van der Waals surface area contributed by atoms with Gasteiger partial charge >= 0.3 is 5.97 Å². The van der Waals surface area contributed by atoms with E-state index in [0.717, 1.165) is 12.6 Å². The highest BCUT2D eigenvalue weighted by atomic mass is 16.4. The minimum absolute atomic E-state index is 0.127. The van der Waals surface area contributed by atoms with Crippen molar-refractivity contribution in [1.82, 2.24) is 14.9 Å². The average Bonchev–Trinajstić information content (AvgIpc) is 2.85. The fourth-order valence-electron chi connectivity index (χ4n) is 2.63. The average molecular weight is 279 g/mol. The van der Waals surface area contributed by atoms with Crippen LogP contribution in [0.4, 0.5) is 0 Å². The van der Waals surface area contributed by atoms with Gasteiger partial charge in [0.15, 0.2) is 0 Å². The highest BCUT2D eigenvalue weighted by molar-refractivity contribution is 5.93. The first-order valence-electron chi connectivity index (χ1n) is 6.56. The Balaban J connectivity index is 2.16. The van der Waals surface area contributed by atoms with E-state index in [1.165, 1.54) is 11.1 Å². The first kappa shape index (κ1) is 14.2. The summed E-state index contributed by atoms with van der Waals surface area (Å²) in [5.41, 5.74) is -1.11. The van der Waals surface area contributed by atoms with E-state index in [4.69, 9.17) is 0 Å². The molecule has 1 aromatic heterocycles. The molecule has 1 fully saturated rings. The molecule has 1 amide bonds. The zero-order valence-corrected chi connectivity index (χ0v) is 11.3. The second-order valence-corrected chi connectivity index (χ2v) is 5.11. The maximum atomic E-state index is 12.2. The molecule has 7 nitrogen and oxygen atoms in total. The number of amides is 1. The van der Waals surface area contributed by atoms with E-state index in [-0.39, 0.29) is 23.7 Å². The molecule has 0 radical (unpaired) electrons. The third kappa shape index (κ3) is 2.56. The predicted octanol–water partition coefficient (Wildman–Crippen LogP) is 0.487. The van der Waals surface area contributed by atoms with Gasteiger partial charge < -0.3 is 15.0 Å². The van der Waals surface area contributed by atoms with Crippen LogP contribution < -0.4 is 5.56 Å². The van der Waals surface area contributed by atoms with Gasteiger partial charge in [0.1, 0.15) is 5.69 Å². The molecule has 1 saturated heterocycles. The highest BCUT2D eigenvalue weighted by Gasteiger charge is 2.45. The van der Waals surface area contributed by atoms with E-state index in [2.05, 4.69) is 9.97 Å². The van der Waals surface area contributed by atoms with Crippen LogP contribution in [0.5, 0.6) is 0 Å². The summed E-state index contributed by atoms with van der Waals surface area (Å²) < 4.78 is 0. The molecule has 1 aliphatic rings. The summed E-state index contributed by atoms with van der Waals surface area (Å²) >= 11 is 0. The second kappa shape index (κ2) is 5.44. The number of nitrogens with one attached hydrogen (secondary N) is 1. The van der Waals surface area contributed by atoms with Crippen LogP contribution in [0, 0.1) is 5.41 Å². The molecule has 0 aromatic carbocycles. The van der Waals surface area contributed by atoms with Gasteiger partial charge in [0, 0.05) is 19.3 Å². The molecule has 1 aliphatic heterocycles. The number of aromatic amines is 1. The molecule has 20 heavy (non-hydrogen) atoms. The number of carbonyl (C=O) groups is 2. The van der Waals surface area contributed by atoms with Crippen molar-refractivity contribution in [3.8, 4) is 0 Å². The number of likely N-dealkylation sites (tertiary alicyclic amines) is 1. The lowest BCUT2D eigenvalue weighted by atomic mass is 9.83. The summed E-state index contributed by atoms with van der Waals surface area (Å²) in [6.07, 6.45) is 4.05. The first-order chi connectivity index (χ1) is 9.48. The van der Waals surface area contributed by atoms with Crippen LogP contribution in [0.2, 0.25) is 0 Å². The summed E-state index contributed by atoms with van der Waals surface area (Å²) in [5, 5.41) is 9.40. The number of carbonyl (C=O) groups excluding carboxylic acids is 1. The van der Waals surface area contributed by atoms with Crippen molar-refractivity contribution in [2.24, 2.45) is 5.41 Å². The zero-order valence-electron chi connectivity index (χ0n) is 11.3. The van der Waals surface area contributed by atoms with Crippen molar-refractivity contribution in [1.29, 1.82) is 0 Å². The molecule has 108 valence electrons. The molecular formula is C13H17N3O4. The fraction of sp³-hybridized carbons (Fsp3) is 0.538. The van der Waals surface area contributed by atoms with E-state index in [1.807, 2.05) is 6.92 Å². The van der Waals surface area contributed by atoms with E-state index in [9.17, 15) is 19.5 Å². The van der Waals surface area contributed by atoms with E-state index >= 15 is 0 Å². The molecular weight excluding hydrogens is 262 g/mol. The summed E-state index contributed by atoms with van der Waals surface area (Å²) in [6, 6.07) is 0. The number of H-pyrrole nitrogens is 1. The molecule has 0 bridgehead atoms. The van der Waals surface area contributed by atoms with E-state index in [1.54, 1.807) is 0 Å². The third-order valence-electron chi connectivity index (χ3n) is 3.71. The van der Waals surface area contributed by atoms with Crippen molar-refractivity contribution in [3.05, 3.63) is 28.4 Å². The Labute approximate surface area is 115 Å². The van der Waals surface area contributed by atoms with Crippen LogP contribution in [-0.2, 0) is 4.79 Å². The topological polar surface area (TPSA) is 103 Å². The number of nitrogens with zero attached hydrogens (tertiary/aromatic N) is 2. The normalized spacial score (nSPS) is 21.9. The smallest absolute Gasteiger partial charge is 0.311 e. The van der Waals surface area contributed by atoms with Crippen molar-refractivity contribution in [2.45, 2.75) is 26.2 Å². The molecule has 1 atom stereocenters. The number of rotatable bonds is 4. The monoisotopic (exact) mass is 279 g/mol.